The van der Waals surface area contributed by atoms with Crippen molar-refractivity contribution in [1.29, 1.82) is 0 Å². The van der Waals surface area contributed by atoms with Gasteiger partial charge in [0.15, 0.2) is 0 Å². The van der Waals surface area contributed by atoms with Crippen LogP contribution in [0, 0.1) is 0 Å². The summed E-state index contributed by atoms with van der Waals surface area (Å²) >= 11 is 0. The highest BCUT2D eigenvalue weighted by Crippen LogP contribution is 2.10. The molecule has 8 heteroatoms. The molecular formula is C12H22N6O2. The number of aromatic nitrogens is 3. The first-order valence-electron chi connectivity index (χ1n) is 6.66. The van der Waals surface area contributed by atoms with Gasteiger partial charge in [-0.1, -0.05) is 0 Å². The minimum absolute atomic E-state index is 0.0275. The Morgan fingerprint density at radius 1 is 1.30 bits per heavy atom. The van der Waals surface area contributed by atoms with Crippen molar-refractivity contribution in [2.24, 2.45) is 0 Å². The van der Waals surface area contributed by atoms with E-state index >= 15 is 0 Å². The Labute approximate surface area is 118 Å². The summed E-state index contributed by atoms with van der Waals surface area (Å²) in [5.41, 5.74) is 5.58. The first-order valence-corrected chi connectivity index (χ1v) is 6.66. The summed E-state index contributed by atoms with van der Waals surface area (Å²) in [5.74, 6) is 0.252. The van der Waals surface area contributed by atoms with Crippen molar-refractivity contribution in [2.75, 3.05) is 30.7 Å². The van der Waals surface area contributed by atoms with Crippen LogP contribution in [-0.2, 0) is 4.79 Å². The van der Waals surface area contributed by atoms with Crippen LogP contribution >= 0.6 is 0 Å². The van der Waals surface area contributed by atoms with E-state index in [0.717, 1.165) is 0 Å². The predicted molar refractivity (Wildman–Crippen MR) is 76.4 cm³/mol. The molecule has 1 amide bonds. The molecule has 1 rings (SSSR count). The normalized spacial score (nSPS) is 10.4. The van der Waals surface area contributed by atoms with Crippen molar-refractivity contribution in [2.45, 2.75) is 33.8 Å². The van der Waals surface area contributed by atoms with Crippen molar-refractivity contribution in [1.82, 2.24) is 19.9 Å². The van der Waals surface area contributed by atoms with Crippen molar-refractivity contribution in [3.8, 4) is 6.01 Å². The zero-order chi connectivity index (χ0) is 15.1. The average Bonchev–Trinajstić information content (AvgIpc) is 2.36. The van der Waals surface area contributed by atoms with Gasteiger partial charge in [-0.15, -0.1) is 0 Å². The molecular weight excluding hydrogens is 260 g/mol. The molecule has 1 aromatic heterocycles. The number of amides is 1. The molecule has 3 N–H and O–H groups in total. The van der Waals surface area contributed by atoms with E-state index in [2.05, 4.69) is 20.3 Å². The fourth-order valence-electron chi connectivity index (χ4n) is 1.56. The van der Waals surface area contributed by atoms with Gasteiger partial charge < -0.3 is 20.7 Å². The number of hydrogen-bond acceptors (Lipinski definition) is 7. The number of nitrogens with two attached hydrogens (primary N) is 1. The minimum Gasteiger partial charge on any atom is -0.461 e. The van der Waals surface area contributed by atoms with Crippen LogP contribution in [0.4, 0.5) is 11.9 Å². The lowest BCUT2D eigenvalue weighted by Gasteiger charge is -2.18. The van der Waals surface area contributed by atoms with Crippen molar-refractivity contribution >= 4 is 17.8 Å². The highest BCUT2D eigenvalue weighted by Gasteiger charge is 2.11. The molecule has 0 saturated heterocycles. The second-order valence-corrected chi connectivity index (χ2v) is 4.39. The maximum atomic E-state index is 11.9. The summed E-state index contributed by atoms with van der Waals surface area (Å²) in [7, 11) is 0. The molecule has 1 heterocycles. The molecule has 0 unspecified atom stereocenters. The van der Waals surface area contributed by atoms with E-state index in [1.807, 2.05) is 27.7 Å². The van der Waals surface area contributed by atoms with Gasteiger partial charge in [0.1, 0.15) is 0 Å². The molecule has 0 fully saturated rings. The van der Waals surface area contributed by atoms with Crippen molar-refractivity contribution < 1.29 is 9.53 Å². The molecule has 112 valence electrons. The lowest BCUT2D eigenvalue weighted by Crippen LogP contribution is -2.35. The number of anilines is 2. The van der Waals surface area contributed by atoms with Crippen LogP contribution in [-0.4, -0.2) is 51.5 Å². The molecule has 0 saturated carbocycles. The number of nitrogens with one attached hydrogen (secondary N) is 1. The van der Waals surface area contributed by atoms with Gasteiger partial charge in [0.2, 0.25) is 17.8 Å². The Bertz CT molecular complexity index is 448. The molecule has 0 radical (unpaired) electrons. The van der Waals surface area contributed by atoms with Crippen LogP contribution < -0.4 is 15.8 Å². The van der Waals surface area contributed by atoms with Gasteiger partial charge in [-0.2, -0.15) is 15.0 Å². The Kier molecular flexibility index (Phi) is 5.95. The third-order valence-corrected chi connectivity index (χ3v) is 2.49. The number of carbonyl (C=O) groups is 1. The summed E-state index contributed by atoms with van der Waals surface area (Å²) in [6.07, 6.45) is -0.0676. The molecule has 0 atom stereocenters. The summed E-state index contributed by atoms with van der Waals surface area (Å²) < 4.78 is 5.35. The standard InChI is InChI=1S/C12H22N6O2/c1-5-18(6-2)9(19)7-14-11-15-10(13)16-12(17-11)20-8(3)4/h8H,5-7H2,1-4H3,(H3,13,14,15,16,17). The minimum atomic E-state index is -0.0676. The van der Waals surface area contributed by atoms with E-state index in [-0.39, 0.29) is 36.5 Å². The van der Waals surface area contributed by atoms with Gasteiger partial charge in [-0.25, -0.2) is 0 Å². The molecule has 0 aliphatic heterocycles. The molecule has 20 heavy (non-hydrogen) atoms. The average molecular weight is 282 g/mol. The Hall–Kier alpha value is -2.12. The summed E-state index contributed by atoms with van der Waals surface area (Å²) in [4.78, 5) is 25.4. The smallest absolute Gasteiger partial charge is 0.323 e. The molecule has 8 nitrogen and oxygen atoms in total. The number of nitrogen functional groups attached to an aromatic ring is 1. The van der Waals surface area contributed by atoms with Gasteiger partial charge in [0.05, 0.1) is 12.6 Å². The highest BCUT2D eigenvalue weighted by atomic mass is 16.5. The van der Waals surface area contributed by atoms with Crippen LogP contribution in [0.5, 0.6) is 6.01 Å². The van der Waals surface area contributed by atoms with Crippen molar-refractivity contribution in [3.63, 3.8) is 0 Å². The third kappa shape index (κ3) is 4.87. The predicted octanol–water partition coefficient (Wildman–Crippen LogP) is 0.521. The number of nitrogens with zero attached hydrogens (tertiary/aromatic N) is 4. The zero-order valence-corrected chi connectivity index (χ0v) is 12.4. The number of hydrogen-bond donors (Lipinski definition) is 2. The van der Waals surface area contributed by atoms with Gasteiger partial charge >= 0.3 is 6.01 Å². The lowest BCUT2D eigenvalue weighted by atomic mass is 10.4. The van der Waals surface area contributed by atoms with E-state index in [4.69, 9.17) is 10.5 Å². The molecule has 1 aromatic rings. The lowest BCUT2D eigenvalue weighted by molar-refractivity contribution is -0.128. The fourth-order valence-corrected chi connectivity index (χ4v) is 1.56. The van der Waals surface area contributed by atoms with Gasteiger partial charge in [-0.3, -0.25) is 4.79 Å². The molecule has 0 aliphatic carbocycles. The van der Waals surface area contributed by atoms with E-state index < -0.39 is 0 Å². The molecule has 0 aromatic carbocycles. The van der Waals surface area contributed by atoms with Crippen LogP contribution in [0.1, 0.15) is 27.7 Å². The Morgan fingerprint density at radius 3 is 2.50 bits per heavy atom. The first-order chi connectivity index (χ1) is 9.46. The monoisotopic (exact) mass is 282 g/mol. The Morgan fingerprint density at radius 2 is 1.95 bits per heavy atom. The quantitative estimate of drug-likeness (QED) is 0.750. The molecule has 0 spiro atoms. The summed E-state index contributed by atoms with van der Waals surface area (Å²) in [6.45, 7) is 9.00. The maximum Gasteiger partial charge on any atom is 0.323 e. The summed E-state index contributed by atoms with van der Waals surface area (Å²) in [5, 5.41) is 2.83. The van der Waals surface area contributed by atoms with Crippen LogP contribution in [0.15, 0.2) is 0 Å². The van der Waals surface area contributed by atoms with Gasteiger partial charge in [-0.05, 0) is 27.7 Å². The number of ether oxygens (including phenoxy) is 1. The van der Waals surface area contributed by atoms with Gasteiger partial charge in [0.25, 0.3) is 0 Å². The molecule has 0 bridgehead atoms. The SMILES string of the molecule is CCN(CC)C(=O)CNc1nc(N)nc(OC(C)C)n1. The first kappa shape index (κ1) is 15.9. The third-order valence-electron chi connectivity index (χ3n) is 2.49. The fraction of sp³-hybridized carbons (Fsp3) is 0.667. The zero-order valence-electron chi connectivity index (χ0n) is 12.4. The van der Waals surface area contributed by atoms with E-state index in [1.54, 1.807) is 4.90 Å². The number of carbonyl (C=O) groups excluding carboxylic acids is 1. The maximum absolute atomic E-state index is 11.9. The van der Waals surface area contributed by atoms with Gasteiger partial charge in [0, 0.05) is 13.1 Å². The van der Waals surface area contributed by atoms with Crippen molar-refractivity contribution in [3.05, 3.63) is 0 Å². The topological polar surface area (TPSA) is 106 Å². The van der Waals surface area contributed by atoms with Crippen LogP contribution in [0.3, 0.4) is 0 Å². The largest absolute Gasteiger partial charge is 0.461 e. The van der Waals surface area contributed by atoms with Crippen LogP contribution in [0.2, 0.25) is 0 Å². The second-order valence-electron chi connectivity index (χ2n) is 4.39. The van der Waals surface area contributed by atoms with E-state index in [0.29, 0.717) is 13.1 Å². The summed E-state index contributed by atoms with van der Waals surface area (Å²) in [6, 6.07) is 0.144. The number of rotatable bonds is 7. The molecule has 0 aliphatic rings. The van der Waals surface area contributed by atoms with E-state index in [9.17, 15) is 4.79 Å². The Balaban J connectivity index is 2.68. The van der Waals surface area contributed by atoms with E-state index in [1.165, 1.54) is 0 Å². The second kappa shape index (κ2) is 7.46. The highest BCUT2D eigenvalue weighted by molar-refractivity contribution is 5.80. The number of likely N-dealkylation sites (N-methyl/N-ethyl adjacent to an activating group) is 1. The van der Waals surface area contributed by atoms with Crippen LogP contribution in [0.25, 0.3) is 0 Å².